The fraction of sp³-hybridized carbons (Fsp3) is 0.0952. The van der Waals surface area contributed by atoms with Crippen LogP contribution < -0.4 is 11.1 Å². The van der Waals surface area contributed by atoms with Crippen LogP contribution in [-0.2, 0) is 6.42 Å². The summed E-state index contributed by atoms with van der Waals surface area (Å²) in [5.41, 5.74) is 9.31. The number of nitrogen functional groups attached to an aromatic ring is 1. The molecule has 0 fully saturated rings. The van der Waals surface area contributed by atoms with Crippen molar-refractivity contribution in [3.8, 4) is 22.5 Å². The first-order valence-corrected chi connectivity index (χ1v) is 10.2. The third-order valence-corrected chi connectivity index (χ3v) is 5.24. The van der Waals surface area contributed by atoms with Crippen LogP contribution in [0.4, 0.5) is 17.3 Å². The van der Waals surface area contributed by atoms with Crippen molar-refractivity contribution in [2.45, 2.75) is 6.42 Å². The molecule has 161 valence electrons. The molecule has 3 heterocycles. The fourth-order valence-corrected chi connectivity index (χ4v) is 3.67. The molecule has 0 aliphatic carbocycles. The number of imidazole rings is 1. The Bertz CT molecular complexity index is 1280. The van der Waals surface area contributed by atoms with Crippen molar-refractivity contribution in [1.29, 1.82) is 0 Å². The molecular weight excluding hydrogens is 453 g/mol. The van der Waals surface area contributed by atoms with Crippen LogP contribution in [0.15, 0.2) is 48.9 Å². The molecule has 0 bridgehead atoms. The average Bonchev–Trinajstić information content (AvgIpc) is 3.28. The first kappa shape index (κ1) is 21.5. The molecule has 0 unspecified atom stereocenters. The van der Waals surface area contributed by atoms with E-state index in [2.05, 4.69) is 31.4 Å². The molecule has 0 spiro atoms. The summed E-state index contributed by atoms with van der Waals surface area (Å²) in [7, 11) is 0. The fourth-order valence-electron chi connectivity index (χ4n) is 3.16. The number of nitrogens with zero attached hydrogens (tertiary/aromatic N) is 4. The summed E-state index contributed by atoms with van der Waals surface area (Å²) in [4.78, 5) is 26.0. The summed E-state index contributed by atoms with van der Waals surface area (Å²) < 4.78 is 0. The number of aromatic nitrogens is 4. The summed E-state index contributed by atoms with van der Waals surface area (Å²) in [6, 6.07) is 9.99. The van der Waals surface area contributed by atoms with Gasteiger partial charge in [-0.05, 0) is 42.3 Å². The summed E-state index contributed by atoms with van der Waals surface area (Å²) >= 11 is 12.4. The van der Waals surface area contributed by atoms with E-state index in [0.717, 1.165) is 22.4 Å². The van der Waals surface area contributed by atoms with Crippen molar-refractivity contribution in [1.82, 2.24) is 19.9 Å². The Hall–Kier alpha value is -3.69. The van der Waals surface area contributed by atoms with E-state index in [1.54, 1.807) is 24.7 Å². The first-order valence-electron chi connectivity index (χ1n) is 9.43. The molecule has 9 nitrogen and oxygen atoms in total. The van der Waals surface area contributed by atoms with Crippen LogP contribution in [-0.4, -0.2) is 31.4 Å². The number of halogens is 2. The van der Waals surface area contributed by atoms with Gasteiger partial charge in [-0.2, -0.15) is 0 Å². The summed E-state index contributed by atoms with van der Waals surface area (Å²) in [6.07, 6.45) is 6.92. The Kier molecular flexibility index (Phi) is 6.20. The molecule has 0 saturated heterocycles. The minimum absolute atomic E-state index is 0.143. The lowest BCUT2D eigenvalue weighted by Gasteiger charge is -2.12. The van der Waals surface area contributed by atoms with E-state index < -0.39 is 4.92 Å². The van der Waals surface area contributed by atoms with E-state index in [1.807, 2.05) is 12.1 Å². The predicted molar refractivity (Wildman–Crippen MR) is 124 cm³/mol. The largest absolute Gasteiger partial charge is 0.378 e. The monoisotopic (exact) mass is 468 g/mol. The SMILES string of the molecule is Nc1nc(NCCc2cc(-c3ccc(Cl)cc3Cl)n[c]c2-c2cnc[nH]2)ccc1[N+](=O)[O-]. The Morgan fingerprint density at radius 2 is 2.06 bits per heavy atom. The third-order valence-electron chi connectivity index (χ3n) is 4.69. The van der Waals surface area contributed by atoms with Gasteiger partial charge in [0.25, 0.3) is 0 Å². The van der Waals surface area contributed by atoms with E-state index in [9.17, 15) is 10.1 Å². The first-order chi connectivity index (χ1) is 15.4. The number of benzene rings is 1. The highest BCUT2D eigenvalue weighted by atomic mass is 35.5. The maximum absolute atomic E-state index is 10.9. The zero-order chi connectivity index (χ0) is 22.7. The van der Waals surface area contributed by atoms with E-state index in [4.69, 9.17) is 28.9 Å². The maximum atomic E-state index is 10.9. The molecule has 3 aromatic heterocycles. The lowest BCUT2D eigenvalue weighted by atomic mass is 10.0. The lowest BCUT2D eigenvalue weighted by molar-refractivity contribution is -0.384. The zero-order valence-electron chi connectivity index (χ0n) is 16.5. The van der Waals surface area contributed by atoms with E-state index >= 15 is 0 Å². The van der Waals surface area contributed by atoms with Gasteiger partial charge >= 0.3 is 5.69 Å². The van der Waals surface area contributed by atoms with Crippen LogP contribution >= 0.6 is 23.2 Å². The summed E-state index contributed by atoms with van der Waals surface area (Å²) in [5, 5.41) is 15.1. The van der Waals surface area contributed by atoms with Crippen molar-refractivity contribution in [2.24, 2.45) is 0 Å². The predicted octanol–water partition coefficient (Wildman–Crippen LogP) is 4.79. The number of nitro groups is 1. The van der Waals surface area contributed by atoms with Crippen LogP contribution in [0.25, 0.3) is 22.5 Å². The smallest absolute Gasteiger partial charge is 0.311 e. The molecule has 11 heteroatoms. The number of pyridine rings is 2. The Balaban J connectivity index is 1.59. The number of rotatable bonds is 7. The van der Waals surface area contributed by atoms with Crippen LogP contribution in [0.2, 0.25) is 10.0 Å². The van der Waals surface area contributed by atoms with E-state index in [0.29, 0.717) is 34.5 Å². The van der Waals surface area contributed by atoms with Gasteiger partial charge in [0.15, 0.2) is 0 Å². The number of hydrogen-bond acceptors (Lipinski definition) is 7. The van der Waals surface area contributed by atoms with Crippen molar-refractivity contribution < 1.29 is 4.92 Å². The molecule has 0 aliphatic heterocycles. The minimum atomic E-state index is -0.570. The highest BCUT2D eigenvalue weighted by Crippen LogP contribution is 2.32. The van der Waals surface area contributed by atoms with Gasteiger partial charge in [0.2, 0.25) is 5.82 Å². The number of anilines is 2. The van der Waals surface area contributed by atoms with Gasteiger partial charge in [-0.25, -0.2) is 15.0 Å². The molecule has 1 radical (unpaired) electrons. The molecule has 0 atom stereocenters. The normalized spacial score (nSPS) is 10.8. The molecule has 0 saturated carbocycles. The van der Waals surface area contributed by atoms with Crippen LogP contribution in [0.1, 0.15) is 5.56 Å². The summed E-state index contributed by atoms with van der Waals surface area (Å²) in [6.45, 7) is 0.483. The molecule has 0 aliphatic rings. The van der Waals surface area contributed by atoms with Gasteiger partial charge in [0, 0.05) is 28.8 Å². The Labute approximate surface area is 192 Å². The highest BCUT2D eigenvalue weighted by Gasteiger charge is 2.15. The maximum Gasteiger partial charge on any atom is 0.311 e. The molecule has 4 N–H and O–H groups in total. The Morgan fingerprint density at radius 1 is 1.22 bits per heavy atom. The number of nitrogens with two attached hydrogens (primary N) is 1. The minimum Gasteiger partial charge on any atom is -0.378 e. The third kappa shape index (κ3) is 4.63. The number of nitrogens with one attached hydrogen (secondary N) is 2. The number of aromatic amines is 1. The van der Waals surface area contributed by atoms with E-state index in [1.165, 1.54) is 12.1 Å². The average molecular weight is 469 g/mol. The second-order valence-electron chi connectivity index (χ2n) is 6.78. The topological polar surface area (TPSA) is 136 Å². The Morgan fingerprint density at radius 3 is 2.75 bits per heavy atom. The van der Waals surface area contributed by atoms with Gasteiger partial charge in [-0.3, -0.25) is 10.1 Å². The van der Waals surface area contributed by atoms with Crippen molar-refractivity contribution in [3.63, 3.8) is 0 Å². The van der Waals surface area contributed by atoms with Gasteiger partial charge in [-0.15, -0.1) is 0 Å². The molecule has 0 amide bonds. The molecule has 4 rings (SSSR count). The van der Waals surface area contributed by atoms with Crippen molar-refractivity contribution in [3.05, 3.63) is 80.8 Å². The number of hydrogen-bond donors (Lipinski definition) is 3. The van der Waals surface area contributed by atoms with Crippen LogP contribution in [0, 0.1) is 16.3 Å². The highest BCUT2D eigenvalue weighted by molar-refractivity contribution is 6.36. The summed E-state index contributed by atoms with van der Waals surface area (Å²) in [5.74, 6) is 0.297. The van der Waals surface area contributed by atoms with Crippen molar-refractivity contribution >= 4 is 40.5 Å². The molecule has 32 heavy (non-hydrogen) atoms. The lowest BCUT2D eigenvalue weighted by Crippen LogP contribution is -2.09. The van der Waals surface area contributed by atoms with E-state index in [-0.39, 0.29) is 11.5 Å². The zero-order valence-corrected chi connectivity index (χ0v) is 18.0. The second kappa shape index (κ2) is 9.21. The quantitative estimate of drug-likeness (QED) is 0.262. The van der Waals surface area contributed by atoms with Gasteiger partial charge in [0.1, 0.15) is 5.82 Å². The standard InChI is InChI=1S/C21H16Cl2N7O2/c22-13-1-2-14(16(23)8-13)17-7-12(15(9-27-17)18-10-25-11-28-18)5-6-26-20-4-3-19(30(31)32)21(24)29-20/h1-4,7-8,10-11H,5-6H2,(H,25,28)(H3,24,26,29). The van der Waals surface area contributed by atoms with Gasteiger partial charge < -0.3 is 16.0 Å². The van der Waals surface area contributed by atoms with Gasteiger partial charge in [0.05, 0.1) is 40.1 Å². The van der Waals surface area contributed by atoms with Crippen LogP contribution in [0.5, 0.6) is 0 Å². The molecule has 4 aromatic rings. The van der Waals surface area contributed by atoms with Crippen molar-refractivity contribution in [2.75, 3.05) is 17.6 Å². The second-order valence-corrected chi connectivity index (χ2v) is 7.62. The van der Waals surface area contributed by atoms with Gasteiger partial charge in [-0.1, -0.05) is 23.2 Å². The molecule has 1 aromatic carbocycles. The number of H-pyrrole nitrogens is 1. The van der Waals surface area contributed by atoms with Crippen LogP contribution in [0.3, 0.4) is 0 Å². The molecular formula is C21H16Cl2N7O2.